The molecular formula is C12H19N3O2. The molecule has 0 aliphatic carbocycles. The quantitative estimate of drug-likeness (QED) is 0.782. The van der Waals surface area contributed by atoms with Crippen molar-refractivity contribution in [3.8, 4) is 0 Å². The minimum atomic E-state index is -0.624. The monoisotopic (exact) mass is 237 g/mol. The minimum absolute atomic E-state index is 0.0195. The predicted octanol–water partition coefficient (Wildman–Crippen LogP) is 0.716. The van der Waals surface area contributed by atoms with Gasteiger partial charge < -0.3 is 10.0 Å². The molecule has 0 saturated carbocycles. The second-order valence-corrected chi connectivity index (χ2v) is 5.06. The summed E-state index contributed by atoms with van der Waals surface area (Å²) in [6, 6.07) is 0. The van der Waals surface area contributed by atoms with Crippen molar-refractivity contribution in [3.05, 3.63) is 17.5 Å². The molecule has 0 bridgehead atoms. The van der Waals surface area contributed by atoms with Gasteiger partial charge >= 0.3 is 0 Å². The molecule has 5 heteroatoms. The van der Waals surface area contributed by atoms with Gasteiger partial charge in [-0.2, -0.15) is 5.10 Å². The van der Waals surface area contributed by atoms with Gasteiger partial charge in [-0.05, 0) is 26.7 Å². The first kappa shape index (κ1) is 12.1. The molecule has 0 spiro atoms. The third kappa shape index (κ3) is 2.34. The molecule has 17 heavy (non-hydrogen) atoms. The third-order valence-electron chi connectivity index (χ3n) is 3.59. The van der Waals surface area contributed by atoms with Crippen LogP contribution < -0.4 is 0 Å². The summed E-state index contributed by atoms with van der Waals surface area (Å²) in [7, 11) is 1.83. The summed E-state index contributed by atoms with van der Waals surface area (Å²) in [4.78, 5) is 14.0. The fourth-order valence-corrected chi connectivity index (χ4v) is 2.07. The Kier molecular flexibility index (Phi) is 2.95. The zero-order valence-corrected chi connectivity index (χ0v) is 10.6. The third-order valence-corrected chi connectivity index (χ3v) is 3.59. The van der Waals surface area contributed by atoms with Crippen LogP contribution in [0.25, 0.3) is 0 Å². The molecule has 1 amide bonds. The van der Waals surface area contributed by atoms with E-state index in [2.05, 4.69) is 5.10 Å². The van der Waals surface area contributed by atoms with Crippen LogP contribution in [0.5, 0.6) is 0 Å². The highest BCUT2D eigenvalue weighted by Crippen LogP contribution is 2.22. The summed E-state index contributed by atoms with van der Waals surface area (Å²) in [6.07, 6.45) is 2.89. The lowest BCUT2D eigenvalue weighted by Gasteiger charge is -2.35. The first-order chi connectivity index (χ1) is 7.91. The minimum Gasteiger partial charge on any atom is -0.390 e. The van der Waals surface area contributed by atoms with Gasteiger partial charge in [0, 0.05) is 25.8 Å². The topological polar surface area (TPSA) is 58.4 Å². The van der Waals surface area contributed by atoms with Gasteiger partial charge in [0.05, 0.1) is 17.4 Å². The van der Waals surface area contributed by atoms with E-state index < -0.39 is 5.60 Å². The SMILES string of the molecule is Cc1c(C(=O)N2CCC(C)(O)CC2)cnn1C. The summed E-state index contributed by atoms with van der Waals surface area (Å²) in [6.45, 7) is 4.94. The summed E-state index contributed by atoms with van der Waals surface area (Å²) in [5.74, 6) is 0.0195. The maximum absolute atomic E-state index is 12.2. The van der Waals surface area contributed by atoms with Crippen molar-refractivity contribution in [2.75, 3.05) is 13.1 Å². The maximum atomic E-state index is 12.2. The van der Waals surface area contributed by atoms with E-state index in [0.29, 0.717) is 31.5 Å². The van der Waals surface area contributed by atoms with Gasteiger partial charge in [0.2, 0.25) is 0 Å². The number of aliphatic hydroxyl groups is 1. The summed E-state index contributed by atoms with van der Waals surface area (Å²) < 4.78 is 1.70. The van der Waals surface area contributed by atoms with Crippen molar-refractivity contribution in [1.82, 2.24) is 14.7 Å². The summed E-state index contributed by atoms with van der Waals surface area (Å²) >= 11 is 0. The number of piperidine rings is 1. The van der Waals surface area contributed by atoms with Crippen molar-refractivity contribution in [3.63, 3.8) is 0 Å². The Morgan fingerprint density at radius 3 is 2.53 bits per heavy atom. The first-order valence-electron chi connectivity index (χ1n) is 5.91. The number of carbonyl (C=O) groups is 1. The average molecular weight is 237 g/mol. The van der Waals surface area contributed by atoms with E-state index in [9.17, 15) is 9.90 Å². The van der Waals surface area contributed by atoms with Crippen molar-refractivity contribution >= 4 is 5.91 Å². The molecule has 2 rings (SSSR count). The molecule has 1 fully saturated rings. The lowest BCUT2D eigenvalue weighted by Crippen LogP contribution is -2.45. The Labute approximate surface area is 101 Å². The highest BCUT2D eigenvalue weighted by Gasteiger charge is 2.30. The molecule has 0 aromatic carbocycles. The number of aromatic nitrogens is 2. The lowest BCUT2D eigenvalue weighted by molar-refractivity contribution is -0.00204. The van der Waals surface area contributed by atoms with Crippen LogP contribution in [0, 0.1) is 6.92 Å². The summed E-state index contributed by atoms with van der Waals surface area (Å²) in [5.41, 5.74) is 0.919. The highest BCUT2D eigenvalue weighted by molar-refractivity contribution is 5.95. The van der Waals surface area contributed by atoms with E-state index in [0.717, 1.165) is 5.69 Å². The molecule has 0 atom stereocenters. The van der Waals surface area contributed by atoms with Gasteiger partial charge in [0.25, 0.3) is 5.91 Å². The molecule has 1 N–H and O–H groups in total. The number of hydrogen-bond donors (Lipinski definition) is 1. The zero-order valence-electron chi connectivity index (χ0n) is 10.6. The van der Waals surface area contributed by atoms with Crippen LogP contribution in [-0.4, -0.2) is 44.4 Å². The van der Waals surface area contributed by atoms with Gasteiger partial charge in [0.1, 0.15) is 0 Å². The van der Waals surface area contributed by atoms with E-state index in [1.807, 2.05) is 20.9 Å². The number of hydrogen-bond acceptors (Lipinski definition) is 3. The molecule has 1 aliphatic heterocycles. The average Bonchev–Trinajstić information content (AvgIpc) is 2.59. The molecule has 5 nitrogen and oxygen atoms in total. The molecular weight excluding hydrogens is 218 g/mol. The molecule has 1 aliphatic rings. The molecule has 0 unspecified atom stereocenters. The van der Waals surface area contributed by atoms with E-state index in [1.165, 1.54) is 0 Å². The van der Waals surface area contributed by atoms with E-state index in [1.54, 1.807) is 15.8 Å². The largest absolute Gasteiger partial charge is 0.390 e. The molecule has 0 radical (unpaired) electrons. The van der Waals surface area contributed by atoms with Crippen LogP contribution in [-0.2, 0) is 7.05 Å². The van der Waals surface area contributed by atoms with E-state index in [4.69, 9.17) is 0 Å². The van der Waals surface area contributed by atoms with Gasteiger partial charge in [-0.25, -0.2) is 0 Å². The second-order valence-electron chi connectivity index (χ2n) is 5.06. The Bertz CT molecular complexity index is 427. The molecule has 1 aromatic rings. The maximum Gasteiger partial charge on any atom is 0.257 e. The van der Waals surface area contributed by atoms with Crippen molar-refractivity contribution in [2.45, 2.75) is 32.3 Å². The smallest absolute Gasteiger partial charge is 0.257 e. The summed E-state index contributed by atoms with van der Waals surface area (Å²) in [5, 5.41) is 13.9. The standard InChI is InChI=1S/C12H19N3O2/c1-9-10(8-13-14(9)3)11(16)15-6-4-12(2,17)5-7-15/h8,17H,4-7H2,1-3H3. The number of carbonyl (C=O) groups excluding carboxylic acids is 1. The van der Waals surface area contributed by atoms with Crippen LogP contribution >= 0.6 is 0 Å². The van der Waals surface area contributed by atoms with E-state index >= 15 is 0 Å². The lowest BCUT2D eigenvalue weighted by atomic mass is 9.93. The van der Waals surface area contributed by atoms with Crippen LogP contribution in [0.15, 0.2) is 6.20 Å². The van der Waals surface area contributed by atoms with Crippen LogP contribution in [0.1, 0.15) is 35.8 Å². The van der Waals surface area contributed by atoms with Gasteiger partial charge in [-0.1, -0.05) is 0 Å². The van der Waals surface area contributed by atoms with Crippen LogP contribution in [0.3, 0.4) is 0 Å². The zero-order chi connectivity index (χ0) is 12.6. The van der Waals surface area contributed by atoms with Crippen LogP contribution in [0.2, 0.25) is 0 Å². The molecule has 1 saturated heterocycles. The van der Waals surface area contributed by atoms with Gasteiger partial charge in [0.15, 0.2) is 0 Å². The van der Waals surface area contributed by atoms with E-state index in [-0.39, 0.29) is 5.91 Å². The number of nitrogens with zero attached hydrogens (tertiary/aromatic N) is 3. The fraction of sp³-hybridized carbons (Fsp3) is 0.667. The molecule has 2 heterocycles. The highest BCUT2D eigenvalue weighted by atomic mass is 16.3. The number of aryl methyl sites for hydroxylation is 1. The fourth-order valence-electron chi connectivity index (χ4n) is 2.07. The first-order valence-corrected chi connectivity index (χ1v) is 5.91. The Balaban J connectivity index is 2.10. The Morgan fingerprint density at radius 1 is 1.47 bits per heavy atom. The van der Waals surface area contributed by atoms with Crippen molar-refractivity contribution < 1.29 is 9.90 Å². The molecule has 94 valence electrons. The number of amides is 1. The van der Waals surface area contributed by atoms with Crippen LogP contribution in [0.4, 0.5) is 0 Å². The Hall–Kier alpha value is -1.36. The normalized spacial score (nSPS) is 19.4. The number of likely N-dealkylation sites (tertiary alicyclic amines) is 1. The number of rotatable bonds is 1. The second kappa shape index (κ2) is 4.14. The van der Waals surface area contributed by atoms with Gasteiger partial charge in [-0.3, -0.25) is 9.48 Å². The predicted molar refractivity (Wildman–Crippen MR) is 63.7 cm³/mol. The van der Waals surface area contributed by atoms with Crippen molar-refractivity contribution in [2.24, 2.45) is 7.05 Å². The Morgan fingerprint density at radius 2 is 2.06 bits per heavy atom. The van der Waals surface area contributed by atoms with Gasteiger partial charge in [-0.15, -0.1) is 0 Å². The molecule has 1 aromatic heterocycles. The van der Waals surface area contributed by atoms with Crippen molar-refractivity contribution in [1.29, 1.82) is 0 Å².